The van der Waals surface area contributed by atoms with Crippen molar-refractivity contribution in [3.05, 3.63) is 59.9 Å². The molecule has 3 aromatic rings. The molecule has 31 heavy (non-hydrogen) atoms. The molecule has 10 heteroatoms. The Hall–Kier alpha value is -2.88. The summed E-state index contributed by atoms with van der Waals surface area (Å²) in [7, 11) is 0. The molecule has 1 saturated carbocycles. The summed E-state index contributed by atoms with van der Waals surface area (Å²) >= 11 is 1.13. The maximum atomic E-state index is 14.3. The van der Waals surface area contributed by atoms with Gasteiger partial charge in [0, 0.05) is 11.7 Å². The van der Waals surface area contributed by atoms with Crippen molar-refractivity contribution in [3.63, 3.8) is 0 Å². The molecule has 2 aromatic carbocycles. The minimum Gasteiger partial charge on any atom is -0.325 e. The number of benzene rings is 2. The van der Waals surface area contributed by atoms with Gasteiger partial charge in [0.05, 0.1) is 16.4 Å². The molecular weight excluding hydrogens is 432 g/mol. The molecule has 1 aliphatic carbocycles. The molecule has 0 spiro atoms. The number of nitrogens with zero attached hydrogens (tertiary/aromatic N) is 3. The van der Waals surface area contributed by atoms with E-state index in [0.717, 1.165) is 36.7 Å². The third-order valence-corrected chi connectivity index (χ3v) is 5.86. The van der Waals surface area contributed by atoms with E-state index in [9.17, 15) is 22.4 Å². The second-order valence-corrected chi connectivity index (χ2v) is 8.52. The van der Waals surface area contributed by atoms with Gasteiger partial charge in [0.1, 0.15) is 5.82 Å². The van der Waals surface area contributed by atoms with Gasteiger partial charge in [-0.1, -0.05) is 30.0 Å². The molecule has 1 aromatic heterocycles. The van der Waals surface area contributed by atoms with E-state index in [1.54, 1.807) is 25.1 Å². The number of hydrogen-bond donors (Lipinski definition) is 1. The number of alkyl halides is 3. The molecular formula is C21H18F4N4OS. The lowest BCUT2D eigenvalue weighted by Crippen LogP contribution is -2.23. The molecule has 0 bridgehead atoms. The minimum atomic E-state index is -4.50. The fraction of sp³-hybridized carbons (Fsp3) is 0.286. The second kappa shape index (κ2) is 8.33. The van der Waals surface area contributed by atoms with Gasteiger partial charge >= 0.3 is 6.18 Å². The lowest BCUT2D eigenvalue weighted by atomic mass is 10.2. The molecule has 1 N–H and O–H groups in total. The van der Waals surface area contributed by atoms with Gasteiger partial charge < -0.3 is 5.32 Å². The van der Waals surface area contributed by atoms with Crippen LogP contribution in [0, 0.1) is 5.82 Å². The van der Waals surface area contributed by atoms with Crippen molar-refractivity contribution < 1.29 is 22.4 Å². The number of hydrogen-bond acceptors (Lipinski definition) is 4. The van der Waals surface area contributed by atoms with E-state index >= 15 is 0 Å². The van der Waals surface area contributed by atoms with Crippen molar-refractivity contribution in [2.24, 2.45) is 0 Å². The molecule has 0 radical (unpaired) electrons. The van der Waals surface area contributed by atoms with Crippen LogP contribution in [0.3, 0.4) is 0 Å². The SMILES string of the molecule is CC(Sc1nnc(-c2ccccc2F)n1C1CC1)C(=O)Nc1cccc(C(F)(F)F)c1. The first-order valence-corrected chi connectivity index (χ1v) is 10.5. The summed E-state index contributed by atoms with van der Waals surface area (Å²) in [6.07, 6.45) is -2.69. The monoisotopic (exact) mass is 450 g/mol. The summed E-state index contributed by atoms with van der Waals surface area (Å²) < 4.78 is 54.8. The number of anilines is 1. The number of amides is 1. The summed E-state index contributed by atoms with van der Waals surface area (Å²) in [5, 5.41) is 10.6. The molecule has 0 saturated heterocycles. The van der Waals surface area contributed by atoms with E-state index in [0.29, 0.717) is 16.5 Å². The Kier molecular flexibility index (Phi) is 5.74. The van der Waals surface area contributed by atoms with E-state index in [4.69, 9.17) is 0 Å². The number of halogens is 4. The molecule has 1 atom stereocenters. The van der Waals surface area contributed by atoms with Crippen molar-refractivity contribution in [1.29, 1.82) is 0 Å². The first-order valence-electron chi connectivity index (χ1n) is 9.58. The maximum Gasteiger partial charge on any atom is 0.416 e. The van der Waals surface area contributed by atoms with E-state index in [1.165, 1.54) is 18.2 Å². The first kappa shape index (κ1) is 21.4. The fourth-order valence-corrected chi connectivity index (χ4v) is 3.99. The zero-order valence-electron chi connectivity index (χ0n) is 16.4. The number of carbonyl (C=O) groups excluding carboxylic acids is 1. The van der Waals surface area contributed by atoms with E-state index < -0.39 is 28.7 Å². The Labute approximate surface area is 179 Å². The second-order valence-electron chi connectivity index (χ2n) is 7.22. The molecule has 1 aliphatic rings. The predicted octanol–water partition coefficient (Wildman–Crippen LogP) is 5.56. The normalized spacial score (nSPS) is 15.0. The quantitative estimate of drug-likeness (QED) is 0.395. The van der Waals surface area contributed by atoms with Crippen LogP contribution in [0.4, 0.5) is 23.2 Å². The van der Waals surface area contributed by atoms with Crippen LogP contribution in [0.2, 0.25) is 0 Å². The van der Waals surface area contributed by atoms with Crippen LogP contribution >= 0.6 is 11.8 Å². The highest BCUT2D eigenvalue weighted by atomic mass is 32.2. The van der Waals surface area contributed by atoms with Crippen molar-refractivity contribution in [2.75, 3.05) is 5.32 Å². The van der Waals surface area contributed by atoms with Crippen LogP contribution in [0.25, 0.3) is 11.4 Å². The third-order valence-electron chi connectivity index (χ3n) is 4.80. The first-order chi connectivity index (χ1) is 14.7. The molecule has 0 aliphatic heterocycles. The number of aromatic nitrogens is 3. The van der Waals surface area contributed by atoms with Crippen LogP contribution in [0.5, 0.6) is 0 Å². The van der Waals surface area contributed by atoms with E-state index in [-0.39, 0.29) is 11.7 Å². The van der Waals surface area contributed by atoms with Gasteiger partial charge in [-0.25, -0.2) is 4.39 Å². The van der Waals surface area contributed by atoms with E-state index in [1.807, 2.05) is 4.57 Å². The Bertz CT molecular complexity index is 1110. The Morgan fingerprint density at radius 2 is 1.90 bits per heavy atom. The lowest BCUT2D eigenvalue weighted by molar-refractivity contribution is -0.137. The van der Waals surface area contributed by atoms with Gasteiger partial charge in [0.2, 0.25) is 5.91 Å². The van der Waals surface area contributed by atoms with Crippen LogP contribution in [0.15, 0.2) is 53.7 Å². The van der Waals surface area contributed by atoms with Gasteiger partial charge in [0.15, 0.2) is 11.0 Å². The van der Waals surface area contributed by atoms with Gasteiger partial charge in [-0.3, -0.25) is 9.36 Å². The lowest BCUT2D eigenvalue weighted by Gasteiger charge is -2.14. The van der Waals surface area contributed by atoms with Crippen LogP contribution in [-0.4, -0.2) is 25.9 Å². The maximum absolute atomic E-state index is 14.3. The van der Waals surface area contributed by atoms with Crippen molar-refractivity contribution in [1.82, 2.24) is 14.8 Å². The van der Waals surface area contributed by atoms with Gasteiger partial charge in [-0.05, 0) is 50.1 Å². The van der Waals surface area contributed by atoms with Crippen molar-refractivity contribution >= 4 is 23.4 Å². The Morgan fingerprint density at radius 1 is 1.16 bits per heavy atom. The topological polar surface area (TPSA) is 59.8 Å². The third kappa shape index (κ3) is 4.73. The molecule has 1 unspecified atom stereocenters. The number of carbonyl (C=O) groups is 1. The number of thioether (sulfide) groups is 1. The largest absolute Gasteiger partial charge is 0.416 e. The number of nitrogens with one attached hydrogen (secondary N) is 1. The van der Waals surface area contributed by atoms with Crippen LogP contribution < -0.4 is 5.32 Å². The summed E-state index contributed by atoms with van der Waals surface area (Å²) in [5.41, 5.74) is -0.452. The van der Waals surface area contributed by atoms with E-state index in [2.05, 4.69) is 15.5 Å². The van der Waals surface area contributed by atoms with Gasteiger partial charge in [0.25, 0.3) is 0 Å². The van der Waals surface area contributed by atoms with Crippen molar-refractivity contribution in [2.45, 2.75) is 42.4 Å². The zero-order valence-corrected chi connectivity index (χ0v) is 17.2. The Morgan fingerprint density at radius 3 is 2.58 bits per heavy atom. The standard InChI is InChI=1S/C21H18F4N4OS/c1-12(19(30)26-14-6-4-5-13(11-14)21(23,24)25)31-20-28-27-18(29(20)15-9-10-15)16-7-2-3-8-17(16)22/h2-8,11-12,15H,9-10H2,1H3,(H,26,30). The smallest absolute Gasteiger partial charge is 0.325 e. The summed E-state index contributed by atoms with van der Waals surface area (Å²) in [5.74, 6) is -0.487. The Balaban J connectivity index is 1.52. The molecule has 162 valence electrons. The number of rotatable bonds is 6. The van der Waals surface area contributed by atoms with Gasteiger partial charge in [-0.2, -0.15) is 13.2 Å². The summed E-state index contributed by atoms with van der Waals surface area (Å²) in [6, 6.07) is 10.9. The zero-order chi connectivity index (χ0) is 22.2. The van der Waals surface area contributed by atoms with Crippen molar-refractivity contribution in [3.8, 4) is 11.4 Å². The predicted molar refractivity (Wildman–Crippen MR) is 109 cm³/mol. The molecule has 1 heterocycles. The van der Waals surface area contributed by atoms with Crippen LogP contribution in [-0.2, 0) is 11.0 Å². The molecule has 5 nitrogen and oxygen atoms in total. The summed E-state index contributed by atoms with van der Waals surface area (Å²) in [6.45, 7) is 1.63. The summed E-state index contributed by atoms with van der Waals surface area (Å²) in [4.78, 5) is 12.6. The highest BCUT2D eigenvalue weighted by Crippen LogP contribution is 2.42. The molecule has 4 rings (SSSR count). The highest BCUT2D eigenvalue weighted by molar-refractivity contribution is 8.00. The highest BCUT2D eigenvalue weighted by Gasteiger charge is 2.33. The average Bonchev–Trinajstić information content (AvgIpc) is 3.48. The van der Waals surface area contributed by atoms with Crippen LogP contribution in [0.1, 0.15) is 31.4 Å². The average molecular weight is 450 g/mol. The molecule has 1 fully saturated rings. The fourth-order valence-electron chi connectivity index (χ4n) is 3.07. The van der Waals surface area contributed by atoms with Gasteiger partial charge in [-0.15, -0.1) is 10.2 Å². The minimum absolute atomic E-state index is 0.0583. The molecule has 1 amide bonds.